The Kier molecular flexibility index (Phi) is 7.20. The van der Waals surface area contributed by atoms with Crippen molar-refractivity contribution < 1.29 is 9.53 Å². The number of hydrogen-bond acceptors (Lipinski definition) is 7. The molecule has 0 spiro atoms. The molecule has 0 fully saturated rings. The van der Waals surface area contributed by atoms with Gasteiger partial charge >= 0.3 is 6.01 Å². The number of likely N-dealkylation sites (N-methyl/N-ethyl adjacent to an activating group) is 2. The molecule has 0 radical (unpaired) electrons. The van der Waals surface area contributed by atoms with Crippen LogP contribution >= 0.6 is 0 Å². The number of carbonyl (C=O) groups excluding carboxylic acids is 1. The van der Waals surface area contributed by atoms with E-state index in [-0.39, 0.29) is 18.5 Å². The van der Waals surface area contributed by atoms with Gasteiger partial charge in [0.1, 0.15) is 0 Å². The summed E-state index contributed by atoms with van der Waals surface area (Å²) in [5, 5.41) is 5.63. The van der Waals surface area contributed by atoms with Crippen LogP contribution in [0, 0.1) is 0 Å². The number of nitrogens with zero attached hydrogens (tertiary/aromatic N) is 4. The zero-order chi connectivity index (χ0) is 15.7. The van der Waals surface area contributed by atoms with Crippen LogP contribution in [-0.2, 0) is 4.79 Å². The highest BCUT2D eigenvalue weighted by molar-refractivity contribution is 5.80. The normalized spacial score (nSPS) is 10.1. The Labute approximate surface area is 125 Å². The summed E-state index contributed by atoms with van der Waals surface area (Å²) >= 11 is 0. The number of rotatable bonds is 9. The minimum atomic E-state index is -0.0678. The second-order valence-corrected chi connectivity index (χ2v) is 4.31. The molecule has 0 atom stereocenters. The van der Waals surface area contributed by atoms with E-state index in [1.807, 2.05) is 20.8 Å². The summed E-state index contributed by atoms with van der Waals surface area (Å²) in [5.41, 5.74) is 0. The minimum absolute atomic E-state index is 0.0678. The molecule has 0 saturated heterocycles. The van der Waals surface area contributed by atoms with E-state index < -0.39 is 0 Å². The maximum atomic E-state index is 11.7. The lowest BCUT2D eigenvalue weighted by molar-refractivity contribution is -0.119. The highest BCUT2D eigenvalue weighted by Gasteiger charge is 2.15. The molecule has 8 heteroatoms. The quantitative estimate of drug-likeness (QED) is 0.691. The first kappa shape index (κ1) is 16.9. The van der Waals surface area contributed by atoms with Crippen LogP contribution < -0.4 is 20.3 Å². The molecular formula is C13H24N6O2. The Morgan fingerprint density at radius 1 is 1.24 bits per heavy atom. The Morgan fingerprint density at radius 3 is 2.57 bits per heavy atom. The van der Waals surface area contributed by atoms with Gasteiger partial charge in [-0.05, 0) is 20.3 Å². The van der Waals surface area contributed by atoms with E-state index in [1.165, 1.54) is 0 Å². The van der Waals surface area contributed by atoms with E-state index in [0.29, 0.717) is 31.6 Å². The third-order valence-electron chi connectivity index (χ3n) is 2.63. The molecule has 0 aliphatic carbocycles. The van der Waals surface area contributed by atoms with E-state index in [4.69, 9.17) is 4.74 Å². The molecule has 0 saturated carbocycles. The summed E-state index contributed by atoms with van der Waals surface area (Å²) in [6, 6.07) is 0.264. The molecule has 0 aliphatic rings. The molecule has 0 unspecified atom stereocenters. The molecular weight excluding hydrogens is 272 g/mol. The minimum Gasteiger partial charge on any atom is -0.463 e. The van der Waals surface area contributed by atoms with Crippen molar-refractivity contribution in [1.29, 1.82) is 0 Å². The Morgan fingerprint density at radius 2 is 2.00 bits per heavy atom. The number of amides is 1. The molecule has 1 aromatic rings. The van der Waals surface area contributed by atoms with Gasteiger partial charge in [-0.2, -0.15) is 15.0 Å². The average Bonchev–Trinajstić information content (AvgIpc) is 2.50. The topological polar surface area (TPSA) is 92.3 Å². The van der Waals surface area contributed by atoms with Crippen LogP contribution in [0.4, 0.5) is 11.9 Å². The van der Waals surface area contributed by atoms with Crippen LogP contribution in [0.25, 0.3) is 0 Å². The zero-order valence-corrected chi connectivity index (χ0v) is 13.1. The first-order chi connectivity index (χ1) is 10.1. The molecule has 1 aromatic heterocycles. The van der Waals surface area contributed by atoms with Crippen LogP contribution in [0.5, 0.6) is 6.01 Å². The summed E-state index contributed by atoms with van der Waals surface area (Å²) < 4.78 is 5.46. The van der Waals surface area contributed by atoms with Crippen LogP contribution in [0.1, 0.15) is 27.2 Å². The van der Waals surface area contributed by atoms with E-state index in [9.17, 15) is 4.79 Å². The number of anilines is 2. The summed E-state index contributed by atoms with van der Waals surface area (Å²) in [4.78, 5) is 26.2. The van der Waals surface area contributed by atoms with Crippen molar-refractivity contribution in [3.05, 3.63) is 0 Å². The lowest BCUT2D eigenvalue weighted by Crippen LogP contribution is -2.38. The van der Waals surface area contributed by atoms with Gasteiger partial charge in [-0.1, -0.05) is 6.92 Å². The second kappa shape index (κ2) is 8.93. The van der Waals surface area contributed by atoms with Gasteiger partial charge in [-0.3, -0.25) is 4.79 Å². The van der Waals surface area contributed by atoms with Gasteiger partial charge in [-0.15, -0.1) is 0 Å². The molecule has 0 aromatic carbocycles. The smallest absolute Gasteiger partial charge is 0.323 e. The van der Waals surface area contributed by atoms with Crippen LogP contribution in [-0.4, -0.2) is 54.1 Å². The molecule has 0 aliphatic heterocycles. The number of nitrogens with one attached hydrogen (secondary N) is 2. The predicted octanol–water partition coefficient (Wildman–Crippen LogP) is 0.664. The molecule has 1 amide bonds. The highest BCUT2D eigenvalue weighted by atomic mass is 16.5. The van der Waals surface area contributed by atoms with Crippen molar-refractivity contribution in [2.45, 2.75) is 27.2 Å². The third-order valence-corrected chi connectivity index (χ3v) is 2.63. The fraction of sp³-hybridized carbons (Fsp3) is 0.692. The molecule has 118 valence electrons. The molecule has 1 rings (SSSR count). The summed E-state index contributed by atoms with van der Waals surface area (Å²) in [6.07, 6.45) is 0.867. The largest absolute Gasteiger partial charge is 0.463 e. The van der Waals surface area contributed by atoms with E-state index >= 15 is 0 Å². The van der Waals surface area contributed by atoms with Crippen molar-refractivity contribution in [1.82, 2.24) is 20.3 Å². The predicted molar refractivity (Wildman–Crippen MR) is 81.7 cm³/mol. The Bertz CT molecular complexity index is 454. The van der Waals surface area contributed by atoms with Crippen molar-refractivity contribution in [3.63, 3.8) is 0 Å². The highest BCUT2D eigenvalue weighted by Crippen LogP contribution is 2.14. The molecule has 8 nitrogen and oxygen atoms in total. The Hall–Kier alpha value is -2.12. The maximum Gasteiger partial charge on any atom is 0.323 e. The Balaban J connectivity index is 2.93. The second-order valence-electron chi connectivity index (χ2n) is 4.31. The summed E-state index contributed by atoms with van der Waals surface area (Å²) in [7, 11) is 1.72. The number of ether oxygens (including phenoxy) is 1. The fourth-order valence-electron chi connectivity index (χ4n) is 1.61. The van der Waals surface area contributed by atoms with Gasteiger partial charge < -0.3 is 20.3 Å². The molecule has 2 N–H and O–H groups in total. The fourth-order valence-corrected chi connectivity index (χ4v) is 1.61. The van der Waals surface area contributed by atoms with E-state index in [1.54, 1.807) is 11.9 Å². The number of carbonyl (C=O) groups is 1. The van der Waals surface area contributed by atoms with Gasteiger partial charge in [0.15, 0.2) is 0 Å². The van der Waals surface area contributed by atoms with Crippen molar-refractivity contribution in [3.8, 4) is 6.01 Å². The van der Waals surface area contributed by atoms with Crippen LogP contribution in [0.15, 0.2) is 0 Å². The van der Waals surface area contributed by atoms with E-state index in [0.717, 1.165) is 6.42 Å². The van der Waals surface area contributed by atoms with Crippen molar-refractivity contribution in [2.75, 3.05) is 43.5 Å². The lowest BCUT2D eigenvalue weighted by atomic mass is 10.4. The van der Waals surface area contributed by atoms with Gasteiger partial charge in [0.25, 0.3) is 0 Å². The maximum absolute atomic E-state index is 11.7. The van der Waals surface area contributed by atoms with Gasteiger partial charge in [0.2, 0.25) is 17.8 Å². The molecule has 1 heterocycles. The summed E-state index contributed by atoms with van der Waals surface area (Å²) in [5.74, 6) is 0.774. The third kappa shape index (κ3) is 5.41. The monoisotopic (exact) mass is 296 g/mol. The zero-order valence-electron chi connectivity index (χ0n) is 13.1. The number of aromatic nitrogens is 3. The average molecular weight is 296 g/mol. The van der Waals surface area contributed by atoms with E-state index in [2.05, 4.69) is 25.6 Å². The SMILES string of the molecule is CCCOc1nc(NC)nc(N(CC)CC(=O)NCC)n1. The first-order valence-electron chi connectivity index (χ1n) is 7.22. The molecule has 21 heavy (non-hydrogen) atoms. The van der Waals surface area contributed by atoms with Crippen molar-refractivity contribution in [2.24, 2.45) is 0 Å². The van der Waals surface area contributed by atoms with Gasteiger partial charge in [-0.25, -0.2) is 0 Å². The number of hydrogen-bond donors (Lipinski definition) is 2. The molecule has 0 bridgehead atoms. The standard InChI is InChI=1S/C13H24N6O2/c1-5-8-21-13-17-11(14-4)16-12(18-13)19(7-3)9-10(20)15-6-2/h5-9H2,1-4H3,(H,15,20)(H,14,16,17,18). The van der Waals surface area contributed by atoms with Gasteiger partial charge in [0.05, 0.1) is 13.2 Å². The van der Waals surface area contributed by atoms with Gasteiger partial charge in [0, 0.05) is 20.1 Å². The van der Waals surface area contributed by atoms with Crippen molar-refractivity contribution >= 4 is 17.8 Å². The van der Waals surface area contributed by atoms with Crippen LogP contribution in [0.2, 0.25) is 0 Å². The summed E-state index contributed by atoms with van der Waals surface area (Å²) in [6.45, 7) is 7.77. The first-order valence-corrected chi connectivity index (χ1v) is 7.22. The van der Waals surface area contributed by atoms with Crippen LogP contribution in [0.3, 0.4) is 0 Å². The lowest BCUT2D eigenvalue weighted by Gasteiger charge is -2.20.